The summed E-state index contributed by atoms with van der Waals surface area (Å²) in [5, 5.41) is 6.16. The van der Waals surface area contributed by atoms with Gasteiger partial charge in [0.1, 0.15) is 17.2 Å². The van der Waals surface area contributed by atoms with Crippen molar-refractivity contribution in [2.75, 3.05) is 36.9 Å². The number of benzene rings is 1. The normalized spacial score (nSPS) is 12.1. The Kier molecular flexibility index (Phi) is 9.09. The average molecular weight is 469 g/mol. The second-order valence-corrected chi connectivity index (χ2v) is 8.05. The quantitative estimate of drug-likeness (QED) is 0.393. The van der Waals surface area contributed by atoms with Gasteiger partial charge in [0, 0.05) is 17.7 Å². The van der Waals surface area contributed by atoms with Crippen LogP contribution in [0.1, 0.15) is 40.5 Å². The number of fused-ring (bicyclic) bond motifs is 1. The van der Waals surface area contributed by atoms with Gasteiger partial charge in [-0.25, -0.2) is 24.1 Å². The van der Waals surface area contributed by atoms with Crippen molar-refractivity contribution in [2.24, 2.45) is 0 Å². The summed E-state index contributed by atoms with van der Waals surface area (Å²) in [5.74, 6) is 0.0161. The fourth-order valence-electron chi connectivity index (χ4n) is 3.70. The smallest absolute Gasteiger partial charge is 0.412 e. The highest BCUT2D eigenvalue weighted by molar-refractivity contribution is 5.92. The SMILES string of the molecule is CCOC(=O)Nc1cc(NC(C)CCCN(CC)CC)c2nc(-c3ccc(F)cc3)cnc2n1. The van der Waals surface area contributed by atoms with E-state index in [0.29, 0.717) is 28.4 Å². The lowest BCUT2D eigenvalue weighted by Crippen LogP contribution is -2.25. The number of rotatable bonds is 11. The number of carbonyl (C=O) groups is 1. The first kappa shape index (κ1) is 25.3. The van der Waals surface area contributed by atoms with Gasteiger partial charge in [-0.3, -0.25) is 5.32 Å². The molecule has 0 fully saturated rings. The van der Waals surface area contributed by atoms with Crippen LogP contribution >= 0.6 is 0 Å². The van der Waals surface area contributed by atoms with Crippen molar-refractivity contribution in [1.29, 1.82) is 0 Å². The van der Waals surface area contributed by atoms with E-state index in [1.807, 2.05) is 0 Å². The van der Waals surface area contributed by atoms with Gasteiger partial charge in [-0.15, -0.1) is 0 Å². The number of pyridine rings is 1. The zero-order valence-corrected chi connectivity index (χ0v) is 20.3. The summed E-state index contributed by atoms with van der Waals surface area (Å²) in [4.78, 5) is 28.0. The van der Waals surface area contributed by atoms with Gasteiger partial charge in [-0.2, -0.15) is 0 Å². The van der Waals surface area contributed by atoms with Gasteiger partial charge >= 0.3 is 6.09 Å². The van der Waals surface area contributed by atoms with Gasteiger partial charge in [0.2, 0.25) is 0 Å². The molecule has 0 aliphatic rings. The number of nitrogens with zero attached hydrogens (tertiary/aromatic N) is 4. The first-order valence-electron chi connectivity index (χ1n) is 11.8. The van der Waals surface area contributed by atoms with Crippen LogP contribution in [0.5, 0.6) is 0 Å². The van der Waals surface area contributed by atoms with Crippen molar-refractivity contribution in [2.45, 2.75) is 46.6 Å². The molecular weight excluding hydrogens is 435 g/mol. The molecule has 2 heterocycles. The van der Waals surface area contributed by atoms with E-state index in [1.54, 1.807) is 31.3 Å². The zero-order chi connectivity index (χ0) is 24.5. The second-order valence-electron chi connectivity index (χ2n) is 8.05. The molecule has 3 aromatic rings. The minimum Gasteiger partial charge on any atom is -0.450 e. The van der Waals surface area contributed by atoms with Gasteiger partial charge in [-0.05, 0) is 70.6 Å². The van der Waals surface area contributed by atoms with E-state index >= 15 is 0 Å². The molecule has 2 aromatic heterocycles. The molecule has 1 aromatic carbocycles. The summed E-state index contributed by atoms with van der Waals surface area (Å²) in [5.41, 5.74) is 3.04. The van der Waals surface area contributed by atoms with E-state index in [9.17, 15) is 9.18 Å². The van der Waals surface area contributed by atoms with E-state index < -0.39 is 6.09 Å². The summed E-state index contributed by atoms with van der Waals surface area (Å²) < 4.78 is 18.3. The van der Waals surface area contributed by atoms with Gasteiger partial charge in [-0.1, -0.05) is 13.8 Å². The lowest BCUT2D eigenvalue weighted by atomic mass is 10.1. The van der Waals surface area contributed by atoms with E-state index in [1.165, 1.54) is 12.1 Å². The van der Waals surface area contributed by atoms with Gasteiger partial charge in [0.15, 0.2) is 5.65 Å². The molecule has 9 heteroatoms. The average Bonchev–Trinajstić information content (AvgIpc) is 2.82. The van der Waals surface area contributed by atoms with Crippen molar-refractivity contribution >= 4 is 28.8 Å². The minimum absolute atomic E-state index is 0.160. The highest BCUT2D eigenvalue weighted by atomic mass is 19.1. The Morgan fingerprint density at radius 1 is 1.15 bits per heavy atom. The predicted molar refractivity (Wildman–Crippen MR) is 133 cm³/mol. The van der Waals surface area contributed by atoms with Crippen LogP contribution in [0.25, 0.3) is 22.4 Å². The summed E-state index contributed by atoms with van der Waals surface area (Å²) in [6.45, 7) is 11.6. The number of halogens is 1. The van der Waals surface area contributed by atoms with Crippen molar-refractivity contribution in [3.05, 3.63) is 42.3 Å². The molecule has 182 valence electrons. The summed E-state index contributed by atoms with van der Waals surface area (Å²) in [6.07, 6.45) is 3.03. The van der Waals surface area contributed by atoms with Crippen LogP contribution in [-0.4, -0.2) is 58.2 Å². The third-order valence-electron chi connectivity index (χ3n) is 5.57. The maximum absolute atomic E-state index is 13.4. The lowest BCUT2D eigenvalue weighted by molar-refractivity contribution is 0.168. The Hall–Kier alpha value is -3.33. The Bertz CT molecular complexity index is 1090. The molecule has 0 radical (unpaired) electrons. The van der Waals surface area contributed by atoms with E-state index in [2.05, 4.69) is 46.3 Å². The topological polar surface area (TPSA) is 92.3 Å². The lowest BCUT2D eigenvalue weighted by Gasteiger charge is -2.21. The molecule has 1 amide bonds. The van der Waals surface area contributed by atoms with Crippen molar-refractivity contribution in [3.63, 3.8) is 0 Å². The van der Waals surface area contributed by atoms with E-state index in [-0.39, 0.29) is 18.5 Å². The maximum atomic E-state index is 13.4. The Labute approximate surface area is 200 Å². The minimum atomic E-state index is -0.580. The monoisotopic (exact) mass is 468 g/mol. The van der Waals surface area contributed by atoms with Gasteiger partial charge in [0.05, 0.1) is 24.2 Å². The van der Waals surface area contributed by atoms with E-state index in [4.69, 9.17) is 9.72 Å². The van der Waals surface area contributed by atoms with Crippen molar-refractivity contribution in [3.8, 4) is 11.3 Å². The predicted octanol–water partition coefficient (Wildman–Crippen LogP) is 5.32. The van der Waals surface area contributed by atoms with Crippen LogP contribution in [0.15, 0.2) is 36.5 Å². The highest BCUT2D eigenvalue weighted by Crippen LogP contribution is 2.27. The summed E-state index contributed by atoms with van der Waals surface area (Å²) in [6, 6.07) is 8.01. The fourth-order valence-corrected chi connectivity index (χ4v) is 3.70. The molecule has 0 bridgehead atoms. The number of carbonyl (C=O) groups excluding carboxylic acids is 1. The Morgan fingerprint density at radius 2 is 1.88 bits per heavy atom. The molecule has 1 unspecified atom stereocenters. The molecule has 3 rings (SSSR count). The standard InChI is InChI=1S/C25H33FN6O2/c1-5-32(6-2)14-8-9-17(4)28-20-15-22(31-25(33)34-7-3)30-24-23(20)29-21(16-27-24)18-10-12-19(26)13-11-18/h10-13,15-17H,5-9,14H2,1-4H3,(H2,27,28,30,31,33). The molecule has 0 saturated heterocycles. The van der Waals surface area contributed by atoms with E-state index in [0.717, 1.165) is 38.0 Å². The number of nitrogens with one attached hydrogen (secondary N) is 2. The summed E-state index contributed by atoms with van der Waals surface area (Å²) in [7, 11) is 0. The van der Waals surface area contributed by atoms with Gasteiger partial charge < -0.3 is 15.0 Å². The molecule has 0 saturated carbocycles. The molecular formula is C25H33FN6O2. The van der Waals surface area contributed by atoms with Crippen molar-refractivity contribution < 1.29 is 13.9 Å². The second kappa shape index (κ2) is 12.2. The molecule has 0 aliphatic heterocycles. The summed E-state index contributed by atoms with van der Waals surface area (Å²) >= 11 is 0. The number of hydrogen-bond donors (Lipinski definition) is 2. The van der Waals surface area contributed by atoms with Crippen LogP contribution in [-0.2, 0) is 4.74 Å². The van der Waals surface area contributed by atoms with Crippen LogP contribution < -0.4 is 10.6 Å². The van der Waals surface area contributed by atoms with Crippen LogP contribution in [0, 0.1) is 5.82 Å². The zero-order valence-electron chi connectivity index (χ0n) is 20.3. The highest BCUT2D eigenvalue weighted by Gasteiger charge is 2.15. The number of hydrogen-bond acceptors (Lipinski definition) is 7. The molecule has 2 N–H and O–H groups in total. The van der Waals surface area contributed by atoms with Crippen LogP contribution in [0.3, 0.4) is 0 Å². The fraction of sp³-hybridized carbons (Fsp3) is 0.440. The van der Waals surface area contributed by atoms with Gasteiger partial charge in [0.25, 0.3) is 0 Å². The molecule has 34 heavy (non-hydrogen) atoms. The maximum Gasteiger partial charge on any atom is 0.412 e. The number of anilines is 2. The van der Waals surface area contributed by atoms with Crippen LogP contribution in [0.4, 0.5) is 20.7 Å². The third-order valence-corrected chi connectivity index (χ3v) is 5.57. The number of amides is 1. The Morgan fingerprint density at radius 3 is 2.56 bits per heavy atom. The first-order chi connectivity index (χ1) is 16.4. The molecule has 0 aliphatic carbocycles. The number of ether oxygens (including phenoxy) is 1. The van der Waals surface area contributed by atoms with Crippen molar-refractivity contribution in [1.82, 2.24) is 19.9 Å². The molecule has 1 atom stereocenters. The first-order valence-corrected chi connectivity index (χ1v) is 11.8. The molecule has 8 nitrogen and oxygen atoms in total. The third kappa shape index (κ3) is 6.84. The van der Waals surface area contributed by atoms with Crippen LogP contribution in [0.2, 0.25) is 0 Å². The number of aromatic nitrogens is 3. The molecule has 0 spiro atoms. The Balaban J connectivity index is 1.89. The largest absolute Gasteiger partial charge is 0.450 e.